The summed E-state index contributed by atoms with van der Waals surface area (Å²) in [5.41, 5.74) is 4.40. The SMILES string of the molecule is C[Si]([C]1[CH][CH][CH][CH]1)([C]1[CH][CH][CH][CH]1)c1ccc(N([Si](C)(C)C)[Si](C)(C)C)cc1.[Fe+2]. The van der Waals surface area contributed by atoms with Gasteiger partial charge < -0.3 is 4.23 Å². The van der Waals surface area contributed by atoms with Gasteiger partial charge in [0.05, 0.1) is 8.07 Å². The molecule has 28 heavy (non-hydrogen) atoms. The van der Waals surface area contributed by atoms with Gasteiger partial charge in [-0.15, -0.1) is 0 Å². The van der Waals surface area contributed by atoms with Crippen molar-refractivity contribution in [2.45, 2.75) is 45.8 Å². The van der Waals surface area contributed by atoms with Gasteiger partial charge in [0.1, 0.15) is 16.5 Å². The van der Waals surface area contributed by atoms with Crippen molar-refractivity contribution in [2.24, 2.45) is 0 Å². The van der Waals surface area contributed by atoms with Gasteiger partial charge in [-0.1, -0.05) is 63.1 Å². The van der Waals surface area contributed by atoms with Gasteiger partial charge in [-0.25, -0.2) is 0 Å². The fraction of sp³-hybridized carbons (Fsp3) is 0.304. The van der Waals surface area contributed by atoms with Crippen LogP contribution in [0.15, 0.2) is 24.3 Å². The average molecular weight is 464 g/mol. The molecule has 0 amide bonds. The van der Waals surface area contributed by atoms with Crippen LogP contribution >= 0.6 is 0 Å². The van der Waals surface area contributed by atoms with Gasteiger partial charge in [0.25, 0.3) is 0 Å². The summed E-state index contributed by atoms with van der Waals surface area (Å²) in [6, 6.07) is 9.61. The molecule has 0 bridgehead atoms. The third-order valence-corrected chi connectivity index (χ3v) is 17.2. The van der Waals surface area contributed by atoms with Crippen molar-refractivity contribution in [2.75, 3.05) is 4.23 Å². The third-order valence-electron chi connectivity index (χ3n) is 5.52. The standard InChI is InChI=1S/C23H33NSi3.Fe/c1-25(2,3)24(26(4,5)6)20-16-18-23(19-17-20)27(7,21-12-8-9-13-21)22-14-10-11-15-22;/h8-19H,1-7H3;/q;+2. The first kappa shape index (κ1) is 24.5. The quantitative estimate of drug-likeness (QED) is 0.515. The van der Waals surface area contributed by atoms with E-state index in [1.807, 2.05) is 0 Å². The predicted molar refractivity (Wildman–Crippen MR) is 128 cm³/mol. The van der Waals surface area contributed by atoms with Crippen molar-refractivity contribution >= 4 is 35.4 Å². The Morgan fingerprint density at radius 3 is 1.25 bits per heavy atom. The van der Waals surface area contributed by atoms with E-state index in [9.17, 15) is 0 Å². The third kappa shape index (κ3) is 4.91. The monoisotopic (exact) mass is 463 g/mol. The molecule has 2 aliphatic rings. The van der Waals surface area contributed by atoms with Crippen LogP contribution in [0.3, 0.4) is 0 Å². The van der Waals surface area contributed by atoms with E-state index in [2.05, 4.69) is 126 Å². The molecule has 3 rings (SSSR count). The minimum atomic E-state index is -1.92. The summed E-state index contributed by atoms with van der Waals surface area (Å²) in [7, 11) is -4.77. The molecule has 2 saturated carbocycles. The first-order valence-corrected chi connectivity index (χ1v) is 19.3. The van der Waals surface area contributed by atoms with E-state index in [4.69, 9.17) is 0 Å². The van der Waals surface area contributed by atoms with Gasteiger partial charge in [0.15, 0.2) is 0 Å². The zero-order chi connectivity index (χ0) is 19.9. The van der Waals surface area contributed by atoms with Crippen molar-refractivity contribution in [3.8, 4) is 0 Å². The van der Waals surface area contributed by atoms with Gasteiger partial charge in [0, 0.05) is 5.69 Å². The molecule has 0 N–H and O–H groups in total. The molecule has 148 valence electrons. The Morgan fingerprint density at radius 1 is 0.571 bits per heavy atom. The van der Waals surface area contributed by atoms with Crippen LogP contribution in [-0.4, -0.2) is 24.5 Å². The second kappa shape index (κ2) is 9.13. The molecule has 10 radical (unpaired) electrons. The smallest absolute Gasteiger partial charge is 0.425 e. The molecule has 5 heteroatoms. The predicted octanol–water partition coefficient (Wildman–Crippen LogP) is 5.33. The molecule has 0 atom stereocenters. The van der Waals surface area contributed by atoms with Gasteiger partial charge in [-0.05, 0) is 74.6 Å². The van der Waals surface area contributed by atoms with Gasteiger partial charge >= 0.3 is 17.1 Å². The van der Waals surface area contributed by atoms with E-state index in [1.165, 1.54) is 22.0 Å². The number of rotatable bonds is 6. The van der Waals surface area contributed by atoms with E-state index < -0.39 is 24.5 Å². The Hall–Kier alpha value is 0.190. The summed E-state index contributed by atoms with van der Waals surface area (Å²) in [5, 5.41) is 1.50. The maximum atomic E-state index is 2.80. The van der Waals surface area contributed by atoms with Crippen LogP contribution in [0.25, 0.3) is 0 Å². The van der Waals surface area contributed by atoms with Crippen LogP contribution in [-0.2, 0) is 17.1 Å². The van der Waals surface area contributed by atoms with Crippen molar-refractivity contribution in [1.29, 1.82) is 0 Å². The van der Waals surface area contributed by atoms with Crippen molar-refractivity contribution in [3.05, 3.63) is 86.7 Å². The van der Waals surface area contributed by atoms with Crippen LogP contribution in [0.1, 0.15) is 0 Å². The fourth-order valence-electron chi connectivity index (χ4n) is 4.64. The molecule has 0 unspecified atom stereocenters. The van der Waals surface area contributed by atoms with Crippen molar-refractivity contribution in [1.82, 2.24) is 0 Å². The molecule has 0 spiro atoms. The number of hydrogen-bond acceptors (Lipinski definition) is 1. The van der Waals surface area contributed by atoms with E-state index in [0.29, 0.717) is 0 Å². The Morgan fingerprint density at radius 2 is 0.929 bits per heavy atom. The number of anilines is 1. The maximum Gasteiger partial charge on any atom is 2.00 e. The van der Waals surface area contributed by atoms with Crippen LogP contribution in [0.4, 0.5) is 5.69 Å². The van der Waals surface area contributed by atoms with Crippen LogP contribution in [0, 0.1) is 62.4 Å². The molecule has 0 saturated heterocycles. The Bertz CT molecular complexity index is 591. The van der Waals surface area contributed by atoms with Crippen LogP contribution < -0.4 is 9.42 Å². The molecule has 0 heterocycles. The first-order chi connectivity index (χ1) is 12.5. The van der Waals surface area contributed by atoms with E-state index in [0.717, 1.165) is 0 Å². The summed E-state index contributed by atoms with van der Waals surface area (Å²) in [6.07, 6.45) is 17.9. The summed E-state index contributed by atoms with van der Waals surface area (Å²) in [5.74, 6) is 0. The van der Waals surface area contributed by atoms with Crippen molar-refractivity contribution in [3.63, 3.8) is 0 Å². The topological polar surface area (TPSA) is 3.24 Å². The van der Waals surface area contributed by atoms with Gasteiger partial charge in [-0.3, -0.25) is 0 Å². The number of benzene rings is 1. The fourth-order valence-corrected chi connectivity index (χ4v) is 18.1. The summed E-state index contributed by atoms with van der Waals surface area (Å²) in [4.78, 5) is 0. The van der Waals surface area contributed by atoms with Crippen LogP contribution in [0.2, 0.25) is 45.8 Å². The van der Waals surface area contributed by atoms with Crippen LogP contribution in [0.5, 0.6) is 0 Å². The summed E-state index contributed by atoms with van der Waals surface area (Å²) >= 11 is 0. The summed E-state index contributed by atoms with van der Waals surface area (Å²) < 4.78 is 2.80. The Kier molecular flexibility index (Phi) is 7.98. The molecule has 0 aromatic heterocycles. The molecule has 1 aromatic carbocycles. The van der Waals surface area contributed by atoms with Crippen molar-refractivity contribution < 1.29 is 17.1 Å². The Balaban J connectivity index is 0.00000280. The molecule has 2 aliphatic carbocycles. The maximum absolute atomic E-state index is 2.80. The molecule has 1 aromatic rings. The van der Waals surface area contributed by atoms with Gasteiger partial charge in [-0.2, -0.15) is 0 Å². The minimum absolute atomic E-state index is 0. The normalized spacial score (nSPS) is 19.7. The molecule has 0 aliphatic heterocycles. The number of hydrogen-bond donors (Lipinski definition) is 0. The zero-order valence-corrected chi connectivity index (χ0v) is 22.3. The first-order valence-electron chi connectivity index (χ1n) is 9.90. The molecular weight excluding hydrogens is 430 g/mol. The minimum Gasteiger partial charge on any atom is -0.425 e. The molecule has 1 nitrogen and oxygen atoms in total. The molecule has 2 fully saturated rings. The Labute approximate surface area is 188 Å². The second-order valence-corrected chi connectivity index (χ2v) is 23.7. The number of nitrogens with zero attached hydrogens (tertiary/aromatic N) is 1. The summed E-state index contributed by atoms with van der Waals surface area (Å²) in [6.45, 7) is 17.3. The molecular formula is C23H33FeNSi3+2. The zero-order valence-electron chi connectivity index (χ0n) is 18.2. The van der Waals surface area contributed by atoms with E-state index >= 15 is 0 Å². The van der Waals surface area contributed by atoms with Gasteiger partial charge in [0.2, 0.25) is 0 Å². The van der Waals surface area contributed by atoms with E-state index in [-0.39, 0.29) is 17.1 Å². The van der Waals surface area contributed by atoms with E-state index in [1.54, 1.807) is 0 Å². The second-order valence-electron chi connectivity index (χ2n) is 9.70. The largest absolute Gasteiger partial charge is 2.00 e. The average Bonchev–Trinajstić information content (AvgIpc) is 3.26.